The van der Waals surface area contributed by atoms with Gasteiger partial charge in [0.25, 0.3) is 0 Å². The summed E-state index contributed by atoms with van der Waals surface area (Å²) in [6.07, 6.45) is 0. The Labute approximate surface area is 130 Å². The highest BCUT2D eigenvalue weighted by Crippen LogP contribution is 2.20. The number of nitrogens with one attached hydrogen (secondary N) is 2. The van der Waals surface area contributed by atoms with Crippen LogP contribution in [0.4, 0.5) is 0 Å². The number of hydrogen-bond acceptors (Lipinski definition) is 3. The molecule has 4 nitrogen and oxygen atoms in total. The number of ether oxygens (including phenoxy) is 2. The average molecular weight is 304 g/mol. The molecule has 0 atom stereocenters. The van der Waals surface area contributed by atoms with Crippen LogP contribution in [0.1, 0.15) is 0 Å². The van der Waals surface area contributed by atoms with Gasteiger partial charge in [0, 0.05) is 13.7 Å². The maximum absolute atomic E-state index is 5.72. The lowest BCUT2D eigenvalue weighted by molar-refractivity contribution is 0.204. The Kier molecular flexibility index (Phi) is 6.24. The van der Waals surface area contributed by atoms with E-state index in [1.165, 1.54) is 10.8 Å². The monoisotopic (exact) mass is 304 g/mol. The summed E-state index contributed by atoms with van der Waals surface area (Å²) in [6, 6.07) is 14.3. The van der Waals surface area contributed by atoms with Crippen LogP contribution in [-0.4, -0.2) is 38.5 Å². The van der Waals surface area contributed by atoms with E-state index in [2.05, 4.69) is 28.8 Å². The van der Waals surface area contributed by atoms with Crippen molar-refractivity contribution in [1.82, 2.24) is 10.6 Å². The second-order valence-electron chi connectivity index (χ2n) is 4.53. The first kappa shape index (κ1) is 15.5. The number of benzene rings is 2. The van der Waals surface area contributed by atoms with Crippen LogP contribution < -0.4 is 15.4 Å². The van der Waals surface area contributed by atoms with Crippen LogP contribution in [0.25, 0.3) is 10.8 Å². The zero-order valence-electron chi connectivity index (χ0n) is 12.1. The molecule has 0 saturated heterocycles. The fourth-order valence-electron chi connectivity index (χ4n) is 1.92. The van der Waals surface area contributed by atoms with Gasteiger partial charge in [-0.3, -0.25) is 0 Å². The van der Waals surface area contributed by atoms with Crippen LogP contribution in [0.3, 0.4) is 0 Å². The first-order valence-corrected chi connectivity index (χ1v) is 7.32. The van der Waals surface area contributed by atoms with Crippen LogP contribution >= 0.6 is 12.2 Å². The molecule has 0 saturated carbocycles. The molecule has 2 rings (SSSR count). The van der Waals surface area contributed by atoms with Gasteiger partial charge in [-0.25, -0.2) is 0 Å². The second kappa shape index (κ2) is 8.44. The molecule has 0 unspecified atom stereocenters. The smallest absolute Gasteiger partial charge is 0.166 e. The lowest BCUT2D eigenvalue weighted by Gasteiger charge is -2.11. The summed E-state index contributed by atoms with van der Waals surface area (Å²) in [6.45, 7) is 2.55. The Morgan fingerprint density at radius 1 is 1.00 bits per heavy atom. The molecular formula is C16H20N2O2S. The summed E-state index contributed by atoms with van der Waals surface area (Å²) in [5.41, 5.74) is 0. The Bertz CT molecular complexity index is 589. The number of hydrogen-bond donors (Lipinski definition) is 2. The van der Waals surface area contributed by atoms with Crippen molar-refractivity contribution in [2.75, 3.05) is 33.4 Å². The van der Waals surface area contributed by atoms with Crippen molar-refractivity contribution in [3.63, 3.8) is 0 Å². The summed E-state index contributed by atoms with van der Waals surface area (Å²) in [4.78, 5) is 0. The van der Waals surface area contributed by atoms with E-state index in [0.29, 0.717) is 31.4 Å². The molecule has 0 spiro atoms. The molecule has 2 aromatic carbocycles. The maximum Gasteiger partial charge on any atom is 0.166 e. The Balaban J connectivity index is 1.71. The van der Waals surface area contributed by atoms with E-state index < -0.39 is 0 Å². The third-order valence-corrected chi connectivity index (χ3v) is 3.26. The molecule has 0 radical (unpaired) electrons. The van der Waals surface area contributed by atoms with Crippen molar-refractivity contribution < 1.29 is 9.47 Å². The zero-order chi connectivity index (χ0) is 14.9. The van der Waals surface area contributed by atoms with Gasteiger partial charge in [-0.05, 0) is 35.1 Å². The number of methoxy groups -OCH3 is 1. The number of thiocarbonyl (C=S) groups is 1. The predicted octanol–water partition coefficient (Wildman–Crippen LogP) is 2.33. The standard InChI is InChI=1S/C16H20N2O2S/c1-19-10-8-17-16(21)18-9-11-20-15-7-6-13-4-2-3-5-14(13)12-15/h2-7,12H,8-11H2,1H3,(H2,17,18,21). The minimum absolute atomic E-state index is 0.560. The molecular weight excluding hydrogens is 284 g/mol. The van der Waals surface area contributed by atoms with Gasteiger partial charge in [0.05, 0.1) is 13.2 Å². The van der Waals surface area contributed by atoms with Crippen molar-refractivity contribution in [3.05, 3.63) is 42.5 Å². The SMILES string of the molecule is COCCNC(=S)NCCOc1ccc2ccccc2c1. The van der Waals surface area contributed by atoms with Crippen LogP contribution in [-0.2, 0) is 4.74 Å². The minimum atomic E-state index is 0.560. The second-order valence-corrected chi connectivity index (χ2v) is 4.94. The van der Waals surface area contributed by atoms with Gasteiger partial charge in [-0.15, -0.1) is 0 Å². The van der Waals surface area contributed by atoms with E-state index in [-0.39, 0.29) is 0 Å². The van der Waals surface area contributed by atoms with E-state index in [9.17, 15) is 0 Å². The topological polar surface area (TPSA) is 42.5 Å². The highest BCUT2D eigenvalue weighted by atomic mass is 32.1. The highest BCUT2D eigenvalue weighted by Gasteiger charge is 1.98. The first-order valence-electron chi connectivity index (χ1n) is 6.92. The molecule has 0 aliphatic carbocycles. The van der Waals surface area contributed by atoms with Crippen molar-refractivity contribution in [3.8, 4) is 5.75 Å². The Morgan fingerprint density at radius 2 is 1.71 bits per heavy atom. The molecule has 0 bridgehead atoms. The fourth-order valence-corrected chi connectivity index (χ4v) is 2.12. The van der Waals surface area contributed by atoms with E-state index in [4.69, 9.17) is 21.7 Å². The lowest BCUT2D eigenvalue weighted by Crippen LogP contribution is -2.38. The van der Waals surface area contributed by atoms with Crippen molar-refractivity contribution in [1.29, 1.82) is 0 Å². The third-order valence-electron chi connectivity index (χ3n) is 2.97. The van der Waals surface area contributed by atoms with Gasteiger partial charge >= 0.3 is 0 Å². The van der Waals surface area contributed by atoms with Gasteiger partial charge in [0.15, 0.2) is 5.11 Å². The molecule has 0 amide bonds. The van der Waals surface area contributed by atoms with Crippen LogP contribution in [0.2, 0.25) is 0 Å². The van der Waals surface area contributed by atoms with Crippen LogP contribution in [0.15, 0.2) is 42.5 Å². The van der Waals surface area contributed by atoms with Crippen molar-refractivity contribution >= 4 is 28.1 Å². The minimum Gasteiger partial charge on any atom is -0.492 e. The molecule has 21 heavy (non-hydrogen) atoms. The maximum atomic E-state index is 5.72. The summed E-state index contributed by atoms with van der Waals surface area (Å²) in [5, 5.41) is 9.15. The summed E-state index contributed by atoms with van der Waals surface area (Å²) < 4.78 is 10.7. The van der Waals surface area contributed by atoms with Gasteiger partial charge in [0.1, 0.15) is 12.4 Å². The Hall–Kier alpha value is -1.85. The van der Waals surface area contributed by atoms with E-state index >= 15 is 0 Å². The summed E-state index contributed by atoms with van der Waals surface area (Å²) >= 11 is 5.13. The average Bonchev–Trinajstić information content (AvgIpc) is 2.52. The molecule has 2 N–H and O–H groups in total. The van der Waals surface area contributed by atoms with E-state index in [1.54, 1.807) is 7.11 Å². The van der Waals surface area contributed by atoms with Crippen molar-refractivity contribution in [2.45, 2.75) is 0 Å². The van der Waals surface area contributed by atoms with Gasteiger partial charge in [0.2, 0.25) is 0 Å². The van der Waals surface area contributed by atoms with Crippen molar-refractivity contribution in [2.24, 2.45) is 0 Å². The molecule has 0 aliphatic heterocycles. The summed E-state index contributed by atoms with van der Waals surface area (Å²) in [5.74, 6) is 0.869. The molecule has 2 aromatic rings. The van der Waals surface area contributed by atoms with Gasteiger partial charge < -0.3 is 20.1 Å². The highest BCUT2D eigenvalue weighted by molar-refractivity contribution is 7.80. The molecule has 0 aliphatic rings. The number of fused-ring (bicyclic) bond motifs is 1. The van der Waals surface area contributed by atoms with Crippen LogP contribution in [0, 0.1) is 0 Å². The van der Waals surface area contributed by atoms with E-state index in [1.807, 2.05) is 24.3 Å². The third kappa shape index (κ3) is 5.21. The predicted molar refractivity (Wildman–Crippen MR) is 89.9 cm³/mol. The van der Waals surface area contributed by atoms with E-state index in [0.717, 1.165) is 5.75 Å². The quantitative estimate of drug-likeness (QED) is 0.607. The lowest BCUT2D eigenvalue weighted by atomic mass is 10.1. The van der Waals surface area contributed by atoms with Gasteiger partial charge in [-0.1, -0.05) is 30.3 Å². The largest absolute Gasteiger partial charge is 0.492 e. The summed E-state index contributed by atoms with van der Waals surface area (Å²) in [7, 11) is 1.66. The molecule has 0 heterocycles. The fraction of sp³-hybridized carbons (Fsp3) is 0.312. The molecule has 0 fully saturated rings. The Morgan fingerprint density at radius 3 is 2.48 bits per heavy atom. The zero-order valence-corrected chi connectivity index (χ0v) is 12.9. The molecule has 5 heteroatoms. The number of rotatable bonds is 7. The van der Waals surface area contributed by atoms with Crippen LogP contribution in [0.5, 0.6) is 5.75 Å². The normalized spacial score (nSPS) is 10.3. The molecule has 112 valence electrons. The van der Waals surface area contributed by atoms with Gasteiger partial charge in [-0.2, -0.15) is 0 Å². The first-order chi connectivity index (χ1) is 10.3. The molecule has 0 aromatic heterocycles.